The Balaban J connectivity index is 1.84. The van der Waals surface area contributed by atoms with Crippen molar-refractivity contribution in [3.8, 4) is 0 Å². The highest BCUT2D eigenvalue weighted by Gasteiger charge is 2.44. The van der Waals surface area contributed by atoms with Crippen LogP contribution in [0.4, 0.5) is 0 Å². The van der Waals surface area contributed by atoms with Crippen LogP contribution in [0.15, 0.2) is 91.0 Å². The molecule has 0 aromatic heterocycles. The van der Waals surface area contributed by atoms with Crippen molar-refractivity contribution >= 4 is 17.7 Å². The Morgan fingerprint density at radius 2 is 1.11 bits per heavy atom. The summed E-state index contributed by atoms with van der Waals surface area (Å²) in [6.07, 6.45) is 1.46. The number of benzene rings is 3. The average Bonchev–Trinajstić information content (AvgIpc) is 2.69. The Kier molecular flexibility index (Phi) is 5.04. The van der Waals surface area contributed by atoms with E-state index in [9.17, 15) is 9.90 Å². The van der Waals surface area contributed by atoms with E-state index in [0.717, 1.165) is 12.8 Å². The molecule has 1 N–H and O–H groups in total. The number of rotatable bonds is 6. The van der Waals surface area contributed by atoms with Crippen molar-refractivity contribution in [2.45, 2.75) is 22.8 Å². The highest BCUT2D eigenvalue weighted by atomic mass is 32.2. The van der Waals surface area contributed by atoms with E-state index in [1.165, 1.54) is 16.7 Å². The van der Waals surface area contributed by atoms with Crippen molar-refractivity contribution < 1.29 is 9.90 Å². The Labute approximate surface area is 164 Å². The maximum Gasteiger partial charge on any atom is 0.306 e. The first-order valence-corrected chi connectivity index (χ1v) is 10.2. The fraction of sp³-hybridized carbons (Fsp3) is 0.208. The fourth-order valence-electron chi connectivity index (χ4n) is 3.84. The molecule has 0 aliphatic heterocycles. The van der Waals surface area contributed by atoms with Crippen LogP contribution in [0.2, 0.25) is 0 Å². The summed E-state index contributed by atoms with van der Waals surface area (Å²) < 4.78 is -0.349. The molecule has 0 radical (unpaired) electrons. The lowest BCUT2D eigenvalue weighted by Crippen LogP contribution is -2.37. The zero-order chi connectivity index (χ0) is 18.7. The molecule has 0 unspecified atom stereocenters. The van der Waals surface area contributed by atoms with Crippen LogP contribution in [-0.4, -0.2) is 16.3 Å². The minimum atomic E-state index is -0.670. The maximum absolute atomic E-state index is 11.3. The van der Waals surface area contributed by atoms with Gasteiger partial charge >= 0.3 is 5.97 Å². The van der Waals surface area contributed by atoms with Crippen LogP contribution >= 0.6 is 11.8 Å². The van der Waals surface area contributed by atoms with Gasteiger partial charge in [-0.05, 0) is 29.5 Å². The second kappa shape index (κ2) is 7.61. The monoisotopic (exact) mass is 374 g/mol. The summed E-state index contributed by atoms with van der Waals surface area (Å²) >= 11 is 1.90. The molecule has 0 atom stereocenters. The molecule has 0 saturated heterocycles. The molecule has 27 heavy (non-hydrogen) atoms. The number of carboxylic acids is 1. The maximum atomic E-state index is 11.3. The topological polar surface area (TPSA) is 37.3 Å². The molecule has 4 rings (SSSR count). The molecule has 0 amide bonds. The molecular formula is C24H22O2S. The Morgan fingerprint density at radius 1 is 0.741 bits per heavy atom. The zero-order valence-corrected chi connectivity index (χ0v) is 15.8. The number of aliphatic carboxylic acids is 1. The average molecular weight is 375 g/mol. The normalized spacial score (nSPS) is 19.3. The van der Waals surface area contributed by atoms with Crippen molar-refractivity contribution in [3.05, 3.63) is 108 Å². The second-order valence-electron chi connectivity index (χ2n) is 7.03. The minimum Gasteiger partial charge on any atom is -0.481 e. The SMILES string of the molecule is O=C(O)C1CC(SC(c2ccccc2)(c2ccccc2)c2ccccc2)C1. The summed E-state index contributed by atoms with van der Waals surface area (Å²) in [5, 5.41) is 9.62. The number of thioether (sulfide) groups is 1. The number of carboxylic acid groups (broad SMARTS) is 1. The van der Waals surface area contributed by atoms with Gasteiger partial charge in [0.05, 0.1) is 10.7 Å². The summed E-state index contributed by atoms with van der Waals surface area (Å²) in [7, 11) is 0. The van der Waals surface area contributed by atoms with Gasteiger partial charge in [-0.15, -0.1) is 11.8 Å². The molecule has 1 fully saturated rings. The van der Waals surface area contributed by atoms with Crippen molar-refractivity contribution in [1.82, 2.24) is 0 Å². The largest absolute Gasteiger partial charge is 0.481 e. The van der Waals surface area contributed by atoms with Crippen LogP contribution in [0.1, 0.15) is 29.5 Å². The summed E-state index contributed by atoms with van der Waals surface area (Å²) in [5.74, 6) is -0.876. The first-order valence-electron chi connectivity index (χ1n) is 9.27. The van der Waals surface area contributed by atoms with Crippen molar-refractivity contribution in [2.24, 2.45) is 5.92 Å². The molecule has 1 aliphatic rings. The Morgan fingerprint density at radius 3 is 1.44 bits per heavy atom. The van der Waals surface area contributed by atoms with Crippen molar-refractivity contribution in [3.63, 3.8) is 0 Å². The standard InChI is InChI=1S/C24H22O2S/c25-23(26)18-16-22(17-18)27-24(19-10-4-1-5-11-19,20-12-6-2-7-13-20)21-14-8-3-9-15-21/h1-15,18,22H,16-17H2,(H,25,26). The summed E-state index contributed by atoms with van der Waals surface area (Å²) in [6.45, 7) is 0. The third-order valence-electron chi connectivity index (χ3n) is 5.33. The molecule has 1 aliphatic carbocycles. The van der Waals surface area contributed by atoms with Gasteiger partial charge in [-0.25, -0.2) is 0 Å². The molecule has 3 aromatic rings. The van der Waals surface area contributed by atoms with Gasteiger partial charge in [-0.3, -0.25) is 4.79 Å². The third-order valence-corrected chi connectivity index (χ3v) is 7.11. The molecule has 0 bridgehead atoms. The molecule has 136 valence electrons. The second-order valence-corrected chi connectivity index (χ2v) is 8.54. The van der Waals surface area contributed by atoms with E-state index < -0.39 is 5.97 Å². The van der Waals surface area contributed by atoms with E-state index in [0.29, 0.717) is 5.25 Å². The molecule has 0 heterocycles. The van der Waals surface area contributed by atoms with Crippen LogP contribution in [-0.2, 0) is 9.54 Å². The zero-order valence-electron chi connectivity index (χ0n) is 15.0. The van der Waals surface area contributed by atoms with E-state index in [4.69, 9.17) is 0 Å². The highest BCUT2D eigenvalue weighted by Crippen LogP contribution is 2.54. The van der Waals surface area contributed by atoms with Gasteiger partial charge in [0.15, 0.2) is 0 Å². The lowest BCUT2D eigenvalue weighted by molar-refractivity contribution is -0.144. The molecule has 3 aromatic carbocycles. The predicted octanol–water partition coefficient (Wildman–Crippen LogP) is 5.57. The van der Waals surface area contributed by atoms with E-state index in [2.05, 4.69) is 72.8 Å². The summed E-state index contributed by atoms with van der Waals surface area (Å²) in [4.78, 5) is 11.3. The highest BCUT2D eigenvalue weighted by molar-refractivity contribution is 8.01. The molecular weight excluding hydrogens is 352 g/mol. The van der Waals surface area contributed by atoms with Crippen LogP contribution in [0, 0.1) is 5.92 Å². The van der Waals surface area contributed by atoms with Crippen LogP contribution in [0.5, 0.6) is 0 Å². The van der Waals surface area contributed by atoms with E-state index >= 15 is 0 Å². The van der Waals surface area contributed by atoms with Crippen LogP contribution in [0.25, 0.3) is 0 Å². The molecule has 2 nitrogen and oxygen atoms in total. The van der Waals surface area contributed by atoms with Crippen LogP contribution in [0.3, 0.4) is 0 Å². The minimum absolute atomic E-state index is 0.206. The number of carbonyl (C=O) groups is 1. The molecule has 0 spiro atoms. The van der Waals surface area contributed by atoms with E-state index in [-0.39, 0.29) is 10.7 Å². The van der Waals surface area contributed by atoms with Crippen molar-refractivity contribution in [1.29, 1.82) is 0 Å². The smallest absolute Gasteiger partial charge is 0.306 e. The number of hydrogen-bond donors (Lipinski definition) is 1. The Bertz CT molecular complexity index is 791. The first-order chi connectivity index (χ1) is 13.2. The first kappa shape index (κ1) is 17.9. The van der Waals surface area contributed by atoms with Gasteiger partial charge in [0.25, 0.3) is 0 Å². The Hall–Kier alpha value is -2.52. The van der Waals surface area contributed by atoms with E-state index in [1.54, 1.807) is 0 Å². The van der Waals surface area contributed by atoms with Gasteiger partial charge in [-0.2, -0.15) is 0 Å². The quantitative estimate of drug-likeness (QED) is 0.573. The fourth-order valence-corrected chi connectivity index (χ4v) is 5.81. The van der Waals surface area contributed by atoms with Gasteiger partial charge in [0.1, 0.15) is 0 Å². The predicted molar refractivity (Wildman–Crippen MR) is 111 cm³/mol. The van der Waals surface area contributed by atoms with Crippen LogP contribution < -0.4 is 0 Å². The van der Waals surface area contributed by atoms with Gasteiger partial charge in [0.2, 0.25) is 0 Å². The summed E-state index contributed by atoms with van der Waals surface area (Å²) in [5.41, 5.74) is 3.68. The van der Waals surface area contributed by atoms with E-state index in [1.807, 2.05) is 30.0 Å². The molecule has 1 saturated carbocycles. The van der Waals surface area contributed by atoms with Gasteiger partial charge in [-0.1, -0.05) is 91.0 Å². The van der Waals surface area contributed by atoms with Crippen molar-refractivity contribution in [2.75, 3.05) is 0 Å². The summed E-state index contributed by atoms with van der Waals surface area (Å²) in [6, 6.07) is 31.7. The lowest BCUT2D eigenvalue weighted by Gasteiger charge is -2.42. The van der Waals surface area contributed by atoms with Gasteiger partial charge < -0.3 is 5.11 Å². The molecule has 3 heteroatoms. The third kappa shape index (κ3) is 3.40. The lowest BCUT2D eigenvalue weighted by atomic mass is 9.83. The van der Waals surface area contributed by atoms with Gasteiger partial charge in [0, 0.05) is 5.25 Å². The number of hydrogen-bond acceptors (Lipinski definition) is 2.